The molecule has 3 rings (SSSR count). The van der Waals surface area contributed by atoms with Gasteiger partial charge in [0.1, 0.15) is 18.2 Å². The molecule has 1 aliphatic rings. The fraction of sp³-hybridized carbons (Fsp3) is 0.294. The number of hydrogen-bond donors (Lipinski definition) is 1. The van der Waals surface area contributed by atoms with Gasteiger partial charge in [-0.25, -0.2) is 0 Å². The van der Waals surface area contributed by atoms with Gasteiger partial charge in [-0.2, -0.15) is 5.10 Å². The van der Waals surface area contributed by atoms with Gasteiger partial charge in [0, 0.05) is 30.5 Å². The standard InChI is InChI=1S/C17H19N3O2/c1-4-9-22-14-8-6-5-7-12(14)13-10-15(21)18-17-16(13)11(2)19-20(17)3/h4-8,13H,1,9-10H2,2-3H3,(H,18,21)/t13-/m1/s1. The number of hydrogen-bond acceptors (Lipinski definition) is 3. The van der Waals surface area contributed by atoms with Crippen LogP contribution in [-0.2, 0) is 11.8 Å². The molecule has 114 valence electrons. The number of aromatic nitrogens is 2. The van der Waals surface area contributed by atoms with Gasteiger partial charge in [0.05, 0.1) is 5.69 Å². The lowest BCUT2D eigenvalue weighted by Gasteiger charge is -2.25. The molecule has 0 spiro atoms. The summed E-state index contributed by atoms with van der Waals surface area (Å²) in [6.07, 6.45) is 2.11. The minimum atomic E-state index is -0.0431. The zero-order valence-corrected chi connectivity index (χ0v) is 12.8. The first-order valence-corrected chi connectivity index (χ1v) is 7.27. The van der Waals surface area contributed by atoms with Crippen LogP contribution in [0.1, 0.15) is 29.2 Å². The van der Waals surface area contributed by atoms with Crippen molar-refractivity contribution in [1.82, 2.24) is 9.78 Å². The molecule has 2 heterocycles. The Labute approximate surface area is 129 Å². The van der Waals surface area contributed by atoms with E-state index in [0.717, 1.165) is 28.4 Å². The molecule has 1 aliphatic heterocycles. The van der Waals surface area contributed by atoms with Crippen molar-refractivity contribution in [2.75, 3.05) is 11.9 Å². The molecule has 0 bridgehead atoms. The van der Waals surface area contributed by atoms with E-state index >= 15 is 0 Å². The van der Waals surface area contributed by atoms with Crippen LogP contribution in [-0.4, -0.2) is 22.3 Å². The summed E-state index contributed by atoms with van der Waals surface area (Å²) in [7, 11) is 1.84. The van der Waals surface area contributed by atoms with Crippen molar-refractivity contribution in [3.8, 4) is 5.75 Å². The number of benzene rings is 1. The highest BCUT2D eigenvalue weighted by Gasteiger charge is 2.32. The summed E-state index contributed by atoms with van der Waals surface area (Å²) in [4.78, 5) is 12.1. The van der Waals surface area contributed by atoms with E-state index in [0.29, 0.717) is 13.0 Å². The van der Waals surface area contributed by atoms with Gasteiger partial charge < -0.3 is 10.1 Å². The smallest absolute Gasteiger partial charge is 0.226 e. The Morgan fingerprint density at radius 1 is 1.50 bits per heavy atom. The molecule has 1 N–H and O–H groups in total. The SMILES string of the molecule is C=CCOc1ccccc1[C@H]1CC(=O)Nc2c1c(C)nn2C. The molecule has 2 aromatic rings. The molecule has 0 unspecified atom stereocenters. The number of nitrogens with zero attached hydrogens (tertiary/aromatic N) is 2. The van der Waals surface area contributed by atoms with Crippen molar-refractivity contribution in [1.29, 1.82) is 0 Å². The highest BCUT2D eigenvalue weighted by atomic mass is 16.5. The highest BCUT2D eigenvalue weighted by Crippen LogP contribution is 2.41. The van der Waals surface area contributed by atoms with Gasteiger partial charge in [0.25, 0.3) is 0 Å². The number of nitrogens with one attached hydrogen (secondary N) is 1. The summed E-state index contributed by atoms with van der Waals surface area (Å²) in [5, 5.41) is 7.36. The summed E-state index contributed by atoms with van der Waals surface area (Å²) in [5.74, 6) is 1.52. The zero-order chi connectivity index (χ0) is 15.7. The number of carbonyl (C=O) groups is 1. The summed E-state index contributed by atoms with van der Waals surface area (Å²) in [6, 6.07) is 7.84. The van der Waals surface area contributed by atoms with Gasteiger partial charge in [-0.05, 0) is 13.0 Å². The molecule has 5 nitrogen and oxygen atoms in total. The number of rotatable bonds is 4. The fourth-order valence-electron chi connectivity index (χ4n) is 3.02. The summed E-state index contributed by atoms with van der Waals surface area (Å²) in [5.41, 5.74) is 3.01. The average molecular weight is 297 g/mol. The Balaban J connectivity index is 2.10. The van der Waals surface area contributed by atoms with Crippen LogP contribution < -0.4 is 10.1 Å². The molecule has 0 saturated heterocycles. The van der Waals surface area contributed by atoms with Gasteiger partial charge in [-0.3, -0.25) is 9.48 Å². The molecule has 0 radical (unpaired) electrons. The van der Waals surface area contributed by atoms with Crippen molar-refractivity contribution in [2.24, 2.45) is 7.05 Å². The first kappa shape index (κ1) is 14.4. The van der Waals surface area contributed by atoms with E-state index in [4.69, 9.17) is 4.74 Å². The van der Waals surface area contributed by atoms with Crippen LogP contribution in [0.4, 0.5) is 5.82 Å². The second-order valence-corrected chi connectivity index (χ2v) is 5.41. The van der Waals surface area contributed by atoms with Crippen LogP contribution >= 0.6 is 0 Å². The number of carbonyl (C=O) groups excluding carboxylic acids is 1. The second kappa shape index (κ2) is 5.67. The zero-order valence-electron chi connectivity index (χ0n) is 12.8. The van der Waals surface area contributed by atoms with Crippen molar-refractivity contribution < 1.29 is 9.53 Å². The van der Waals surface area contributed by atoms with Crippen LogP contribution in [0.15, 0.2) is 36.9 Å². The summed E-state index contributed by atoms with van der Waals surface area (Å²) >= 11 is 0. The van der Waals surface area contributed by atoms with Crippen LogP contribution in [0, 0.1) is 6.92 Å². The van der Waals surface area contributed by atoms with Gasteiger partial charge in [-0.15, -0.1) is 0 Å². The van der Waals surface area contributed by atoms with E-state index in [-0.39, 0.29) is 11.8 Å². The Kier molecular flexibility index (Phi) is 3.71. The molecule has 1 atom stereocenters. The Morgan fingerprint density at radius 2 is 2.27 bits per heavy atom. The Hall–Kier alpha value is -2.56. The topological polar surface area (TPSA) is 56.1 Å². The Morgan fingerprint density at radius 3 is 3.05 bits per heavy atom. The number of para-hydroxylation sites is 1. The van der Waals surface area contributed by atoms with Crippen LogP contribution in [0.2, 0.25) is 0 Å². The molecule has 0 saturated carbocycles. The third kappa shape index (κ3) is 2.39. The lowest BCUT2D eigenvalue weighted by molar-refractivity contribution is -0.116. The van der Waals surface area contributed by atoms with Crippen LogP contribution in [0.25, 0.3) is 0 Å². The van der Waals surface area contributed by atoms with Crippen molar-refractivity contribution in [3.63, 3.8) is 0 Å². The number of amides is 1. The molecule has 1 amide bonds. The number of ether oxygens (including phenoxy) is 1. The van der Waals surface area contributed by atoms with E-state index in [2.05, 4.69) is 17.0 Å². The lowest BCUT2D eigenvalue weighted by atomic mass is 9.85. The van der Waals surface area contributed by atoms with Crippen molar-refractivity contribution in [2.45, 2.75) is 19.3 Å². The molecule has 0 fully saturated rings. The van der Waals surface area contributed by atoms with Gasteiger partial charge in [-0.1, -0.05) is 30.9 Å². The van der Waals surface area contributed by atoms with Gasteiger partial charge in [0.15, 0.2) is 0 Å². The molecule has 1 aromatic carbocycles. The Bertz CT molecular complexity index is 734. The largest absolute Gasteiger partial charge is 0.489 e. The minimum Gasteiger partial charge on any atom is -0.489 e. The average Bonchev–Trinajstić information content (AvgIpc) is 2.79. The first-order chi connectivity index (χ1) is 10.6. The molecular formula is C17H19N3O2. The summed E-state index contributed by atoms with van der Waals surface area (Å²) < 4.78 is 7.48. The predicted molar refractivity (Wildman–Crippen MR) is 85.2 cm³/mol. The maximum atomic E-state index is 12.1. The van der Waals surface area contributed by atoms with Gasteiger partial charge >= 0.3 is 0 Å². The summed E-state index contributed by atoms with van der Waals surface area (Å²) in [6.45, 7) is 6.09. The maximum Gasteiger partial charge on any atom is 0.226 e. The van der Waals surface area contributed by atoms with E-state index in [9.17, 15) is 4.79 Å². The van der Waals surface area contributed by atoms with Crippen LogP contribution in [0.5, 0.6) is 5.75 Å². The molecule has 5 heteroatoms. The molecule has 1 aromatic heterocycles. The van der Waals surface area contributed by atoms with Crippen LogP contribution in [0.3, 0.4) is 0 Å². The number of aryl methyl sites for hydroxylation is 2. The quantitative estimate of drug-likeness (QED) is 0.883. The van der Waals surface area contributed by atoms with E-state index < -0.39 is 0 Å². The van der Waals surface area contributed by atoms with Gasteiger partial charge in [0.2, 0.25) is 5.91 Å². The monoisotopic (exact) mass is 297 g/mol. The third-order valence-corrected chi connectivity index (χ3v) is 3.92. The number of fused-ring (bicyclic) bond motifs is 1. The minimum absolute atomic E-state index is 0.000904. The van der Waals surface area contributed by atoms with Crippen molar-refractivity contribution >= 4 is 11.7 Å². The normalized spacial score (nSPS) is 16.8. The first-order valence-electron chi connectivity index (χ1n) is 7.27. The number of anilines is 1. The highest BCUT2D eigenvalue weighted by molar-refractivity contribution is 5.94. The lowest BCUT2D eigenvalue weighted by Crippen LogP contribution is -2.25. The second-order valence-electron chi connectivity index (χ2n) is 5.41. The fourth-order valence-corrected chi connectivity index (χ4v) is 3.02. The third-order valence-electron chi connectivity index (χ3n) is 3.92. The predicted octanol–water partition coefficient (Wildman–Crippen LogP) is 2.77. The maximum absolute atomic E-state index is 12.1. The van der Waals surface area contributed by atoms with E-state index in [1.807, 2.05) is 38.2 Å². The molecule has 22 heavy (non-hydrogen) atoms. The van der Waals surface area contributed by atoms with Crippen molar-refractivity contribution in [3.05, 3.63) is 53.7 Å². The van der Waals surface area contributed by atoms with E-state index in [1.54, 1.807) is 10.8 Å². The molecule has 0 aliphatic carbocycles. The molecular weight excluding hydrogens is 278 g/mol. The van der Waals surface area contributed by atoms with E-state index in [1.165, 1.54) is 0 Å².